The number of aliphatic carboxylic acids is 1. The summed E-state index contributed by atoms with van der Waals surface area (Å²) in [5.41, 5.74) is 5.68. The predicted octanol–water partition coefficient (Wildman–Crippen LogP) is 4.21. The molecule has 3 N–H and O–H groups in total. The Morgan fingerprint density at radius 3 is 2.52 bits per heavy atom. The fraction of sp³-hybridized carbons (Fsp3) is 0.700. The highest BCUT2D eigenvalue weighted by atomic mass is 16.4. The van der Waals surface area contributed by atoms with E-state index in [1.165, 1.54) is 44.9 Å². The van der Waals surface area contributed by atoms with Gasteiger partial charge in [0.05, 0.1) is 6.20 Å². The number of allylic oxidation sites excluding steroid dienone is 2. The van der Waals surface area contributed by atoms with E-state index in [9.17, 15) is 9.90 Å². The summed E-state index contributed by atoms with van der Waals surface area (Å²) in [7, 11) is 0. The summed E-state index contributed by atoms with van der Waals surface area (Å²) < 4.78 is 0.285. The van der Waals surface area contributed by atoms with Crippen molar-refractivity contribution in [2.75, 3.05) is 19.6 Å². The van der Waals surface area contributed by atoms with E-state index >= 15 is 0 Å². The lowest BCUT2D eigenvalue weighted by Crippen LogP contribution is -2.52. The number of aliphatic imine (C=N–C) groups is 1. The van der Waals surface area contributed by atoms with Gasteiger partial charge in [-0.2, -0.15) is 0 Å². The van der Waals surface area contributed by atoms with E-state index in [0.29, 0.717) is 13.1 Å². The van der Waals surface area contributed by atoms with Crippen LogP contribution >= 0.6 is 0 Å². The first-order valence-electron chi connectivity index (χ1n) is 9.83. The van der Waals surface area contributed by atoms with Crippen LogP contribution in [-0.2, 0) is 4.79 Å². The van der Waals surface area contributed by atoms with E-state index in [-0.39, 0.29) is 11.0 Å². The summed E-state index contributed by atoms with van der Waals surface area (Å²) in [6.07, 6.45) is 20.1. The Labute approximate surface area is 152 Å². The molecule has 1 aliphatic heterocycles. The predicted molar refractivity (Wildman–Crippen MR) is 104 cm³/mol. The van der Waals surface area contributed by atoms with Gasteiger partial charge in [0.1, 0.15) is 12.7 Å². The molecule has 1 heterocycles. The van der Waals surface area contributed by atoms with Crippen molar-refractivity contribution < 1.29 is 14.4 Å². The van der Waals surface area contributed by atoms with Gasteiger partial charge in [0.15, 0.2) is 6.54 Å². The molecule has 0 aromatic carbocycles. The molecule has 0 saturated heterocycles. The van der Waals surface area contributed by atoms with Crippen molar-refractivity contribution in [1.82, 2.24) is 0 Å². The first-order chi connectivity index (χ1) is 12.1. The molecule has 1 aliphatic rings. The highest BCUT2D eigenvalue weighted by Crippen LogP contribution is 2.20. The molecule has 0 saturated carbocycles. The summed E-state index contributed by atoms with van der Waals surface area (Å²) in [6.45, 7) is 3.32. The molecule has 5 heteroatoms. The normalized spacial score (nSPS) is 19.7. The van der Waals surface area contributed by atoms with Crippen molar-refractivity contribution in [3.05, 3.63) is 24.6 Å². The number of hydrogen-bond acceptors (Lipinski definition) is 3. The maximum Gasteiger partial charge on any atom is 0.360 e. The van der Waals surface area contributed by atoms with Gasteiger partial charge < -0.3 is 10.8 Å². The molecule has 0 aromatic heterocycles. The van der Waals surface area contributed by atoms with Crippen LogP contribution in [0, 0.1) is 0 Å². The third kappa shape index (κ3) is 8.45. The number of nitrogens with zero attached hydrogens (tertiary/aromatic N) is 2. The number of nitrogens with two attached hydrogens (primary N) is 1. The number of unbranched alkanes of at least 4 members (excludes halogenated alkanes) is 7. The van der Waals surface area contributed by atoms with Crippen molar-refractivity contribution >= 4 is 11.8 Å². The summed E-state index contributed by atoms with van der Waals surface area (Å²) in [4.78, 5) is 15.6. The van der Waals surface area contributed by atoms with E-state index in [4.69, 9.17) is 5.73 Å². The third-order valence-corrected chi connectivity index (χ3v) is 4.70. The van der Waals surface area contributed by atoms with Gasteiger partial charge in [-0.25, -0.2) is 14.3 Å². The van der Waals surface area contributed by atoms with E-state index in [1.807, 2.05) is 6.20 Å². The van der Waals surface area contributed by atoms with Gasteiger partial charge in [-0.3, -0.25) is 0 Å². The summed E-state index contributed by atoms with van der Waals surface area (Å²) in [6, 6.07) is 0. The first kappa shape index (κ1) is 21.6. The second-order valence-corrected chi connectivity index (χ2v) is 6.86. The minimum atomic E-state index is -0.813. The molecule has 142 valence electrons. The van der Waals surface area contributed by atoms with Gasteiger partial charge in [0.25, 0.3) is 0 Å². The Morgan fingerprint density at radius 1 is 1.16 bits per heavy atom. The Bertz CT molecular complexity index is 472. The number of carboxylic acids is 1. The fourth-order valence-corrected chi connectivity index (χ4v) is 3.29. The molecule has 5 nitrogen and oxygen atoms in total. The number of rotatable bonds is 15. The summed E-state index contributed by atoms with van der Waals surface area (Å²) in [5, 5.41) is 9.19. The molecule has 25 heavy (non-hydrogen) atoms. The molecule has 0 fully saturated rings. The summed E-state index contributed by atoms with van der Waals surface area (Å²) >= 11 is 0. The van der Waals surface area contributed by atoms with Crippen molar-refractivity contribution in [1.29, 1.82) is 0 Å². The van der Waals surface area contributed by atoms with Crippen LogP contribution in [0.4, 0.5) is 0 Å². The van der Waals surface area contributed by atoms with Gasteiger partial charge in [0, 0.05) is 13.0 Å². The van der Waals surface area contributed by atoms with Crippen molar-refractivity contribution in [2.24, 2.45) is 10.7 Å². The Balaban J connectivity index is 2.22. The van der Waals surface area contributed by atoms with E-state index in [0.717, 1.165) is 25.1 Å². The molecule has 1 unspecified atom stereocenters. The van der Waals surface area contributed by atoms with Crippen LogP contribution in [0.25, 0.3) is 0 Å². The van der Waals surface area contributed by atoms with Crippen LogP contribution < -0.4 is 5.73 Å². The molecule has 0 aromatic rings. The minimum Gasteiger partial charge on any atom is -0.477 e. The molecule has 0 amide bonds. The number of carbonyl (C=O) groups is 1. The van der Waals surface area contributed by atoms with Crippen LogP contribution in [0.15, 0.2) is 29.5 Å². The van der Waals surface area contributed by atoms with Crippen molar-refractivity contribution in [2.45, 2.75) is 71.1 Å². The standard InChI is InChI=1S/C20H35N3O2/c1-2-3-4-5-6-7-8-9-10-11-12-13-19-22-15-17-23(19,16-14-21)18-20(24)25/h9-10,15,17H,2-8,11-14,16,18,21H2,1H3/p+1/b10-9+. The minimum absolute atomic E-state index is 0.0282. The van der Waals surface area contributed by atoms with E-state index in [2.05, 4.69) is 24.1 Å². The Morgan fingerprint density at radius 2 is 1.84 bits per heavy atom. The number of hydrogen-bond donors (Lipinski definition) is 2. The zero-order valence-corrected chi connectivity index (χ0v) is 15.8. The largest absolute Gasteiger partial charge is 0.477 e. The topological polar surface area (TPSA) is 75.7 Å². The van der Waals surface area contributed by atoms with Gasteiger partial charge in [-0.1, -0.05) is 51.2 Å². The van der Waals surface area contributed by atoms with Crippen LogP contribution in [0.5, 0.6) is 0 Å². The van der Waals surface area contributed by atoms with Gasteiger partial charge in [0.2, 0.25) is 5.84 Å². The van der Waals surface area contributed by atoms with Crippen molar-refractivity contribution in [3.8, 4) is 0 Å². The molecule has 1 atom stereocenters. The van der Waals surface area contributed by atoms with Gasteiger partial charge in [-0.15, -0.1) is 0 Å². The first-order valence-corrected chi connectivity index (χ1v) is 9.83. The van der Waals surface area contributed by atoms with E-state index < -0.39 is 5.97 Å². The lowest BCUT2D eigenvalue weighted by atomic mass is 10.1. The molecule has 0 spiro atoms. The monoisotopic (exact) mass is 350 g/mol. The molecule has 0 radical (unpaired) electrons. The lowest BCUT2D eigenvalue weighted by Gasteiger charge is -2.30. The smallest absolute Gasteiger partial charge is 0.360 e. The van der Waals surface area contributed by atoms with Gasteiger partial charge >= 0.3 is 5.97 Å². The molecule has 0 aliphatic carbocycles. The fourth-order valence-electron chi connectivity index (χ4n) is 3.29. The van der Waals surface area contributed by atoms with Gasteiger partial charge in [-0.05, 0) is 25.7 Å². The van der Waals surface area contributed by atoms with E-state index in [1.54, 1.807) is 6.20 Å². The molecular formula is C20H36N3O2+. The zero-order valence-electron chi connectivity index (χ0n) is 15.8. The molecule has 0 bridgehead atoms. The second kappa shape index (κ2) is 12.8. The number of carboxylic acid groups (broad SMARTS) is 1. The second-order valence-electron chi connectivity index (χ2n) is 6.86. The SMILES string of the molecule is CCCCCCCC/C=C/CCCC1=NC=C[N+]1(CCN)CC(=O)O. The number of amidine groups is 1. The lowest BCUT2D eigenvalue weighted by molar-refractivity contribution is -0.778. The third-order valence-electron chi connectivity index (χ3n) is 4.70. The van der Waals surface area contributed by atoms with Crippen LogP contribution in [0.3, 0.4) is 0 Å². The average Bonchev–Trinajstić information content (AvgIpc) is 2.94. The molecular weight excluding hydrogens is 314 g/mol. The van der Waals surface area contributed by atoms with Crippen LogP contribution in [-0.4, -0.2) is 41.0 Å². The average molecular weight is 351 g/mol. The molecule has 1 rings (SSSR count). The Kier molecular flexibility index (Phi) is 11.1. The highest BCUT2D eigenvalue weighted by Gasteiger charge is 2.36. The van der Waals surface area contributed by atoms with Crippen LogP contribution in [0.1, 0.15) is 71.1 Å². The van der Waals surface area contributed by atoms with Crippen molar-refractivity contribution in [3.63, 3.8) is 0 Å². The zero-order chi connectivity index (χ0) is 18.4. The number of quaternary nitrogens is 1. The Hall–Kier alpha value is -1.46. The highest BCUT2D eigenvalue weighted by molar-refractivity contribution is 5.81. The quantitative estimate of drug-likeness (QED) is 0.264. The summed E-state index contributed by atoms with van der Waals surface area (Å²) in [5.74, 6) is 0.115. The maximum absolute atomic E-state index is 11.2. The van der Waals surface area contributed by atoms with Crippen LogP contribution in [0.2, 0.25) is 0 Å². The maximum atomic E-state index is 11.2.